The van der Waals surface area contributed by atoms with E-state index in [-0.39, 0.29) is 30.6 Å². The highest BCUT2D eigenvalue weighted by Crippen LogP contribution is 2.18. The Bertz CT molecular complexity index is 520. The first kappa shape index (κ1) is 16.7. The van der Waals surface area contributed by atoms with Crippen LogP contribution in [0.15, 0.2) is 17.5 Å². The van der Waals surface area contributed by atoms with Gasteiger partial charge in [-0.1, -0.05) is 18.9 Å². The topological polar surface area (TPSA) is 72.5 Å². The molecule has 0 radical (unpaired) electrons. The number of rotatable bonds is 7. The van der Waals surface area contributed by atoms with Gasteiger partial charge in [0, 0.05) is 12.5 Å². The summed E-state index contributed by atoms with van der Waals surface area (Å²) in [6.45, 7) is 1.56. The molecule has 0 aliphatic heterocycles. The highest BCUT2D eigenvalue weighted by molar-refractivity contribution is 7.12. The minimum Gasteiger partial charge on any atom is -0.453 e. The van der Waals surface area contributed by atoms with E-state index in [1.165, 1.54) is 11.3 Å². The van der Waals surface area contributed by atoms with Crippen molar-refractivity contribution in [2.75, 3.05) is 0 Å². The Morgan fingerprint density at radius 3 is 2.68 bits per heavy atom. The molecule has 22 heavy (non-hydrogen) atoms. The molecule has 6 heteroatoms. The second-order valence-corrected chi connectivity index (χ2v) is 6.47. The molecule has 1 aromatic heterocycles. The van der Waals surface area contributed by atoms with Crippen molar-refractivity contribution in [1.82, 2.24) is 5.32 Å². The molecule has 1 fully saturated rings. The highest BCUT2D eigenvalue weighted by atomic mass is 32.1. The third kappa shape index (κ3) is 4.94. The molecule has 0 spiro atoms. The summed E-state index contributed by atoms with van der Waals surface area (Å²) in [6, 6.07) is 3.73. The molecular formula is C16H21NO4S. The number of carbonyl (C=O) groups excluding carboxylic acids is 3. The maximum Gasteiger partial charge on any atom is 0.307 e. The largest absolute Gasteiger partial charge is 0.453 e. The lowest BCUT2D eigenvalue weighted by Gasteiger charge is -2.17. The van der Waals surface area contributed by atoms with Crippen LogP contribution < -0.4 is 5.32 Å². The zero-order valence-electron chi connectivity index (χ0n) is 12.7. The predicted octanol–water partition coefficient (Wildman–Crippen LogP) is 2.70. The molecule has 120 valence electrons. The minimum atomic E-state index is -0.815. The van der Waals surface area contributed by atoms with Gasteiger partial charge in [0.2, 0.25) is 0 Å². The van der Waals surface area contributed by atoms with E-state index in [0.29, 0.717) is 4.88 Å². The summed E-state index contributed by atoms with van der Waals surface area (Å²) in [5.74, 6) is -0.848. The van der Waals surface area contributed by atoms with Crippen molar-refractivity contribution in [3.63, 3.8) is 0 Å². The van der Waals surface area contributed by atoms with E-state index in [1.54, 1.807) is 19.1 Å². The summed E-state index contributed by atoms with van der Waals surface area (Å²) in [6.07, 6.45) is 3.52. The Balaban J connectivity index is 1.69. The lowest BCUT2D eigenvalue weighted by Crippen LogP contribution is -2.40. The minimum absolute atomic E-state index is 0.00220. The quantitative estimate of drug-likeness (QED) is 0.618. The summed E-state index contributed by atoms with van der Waals surface area (Å²) >= 11 is 1.35. The first-order valence-corrected chi connectivity index (χ1v) is 8.51. The highest BCUT2D eigenvalue weighted by Gasteiger charge is 2.23. The fraction of sp³-hybridized carbons (Fsp3) is 0.562. The molecule has 1 aromatic rings. The van der Waals surface area contributed by atoms with Crippen LogP contribution in [0.25, 0.3) is 0 Å². The molecule has 1 aliphatic carbocycles. The van der Waals surface area contributed by atoms with Crippen LogP contribution in [-0.4, -0.2) is 29.8 Å². The second kappa shape index (κ2) is 8.08. The maximum atomic E-state index is 11.9. The number of hydrogen-bond acceptors (Lipinski definition) is 5. The summed E-state index contributed by atoms with van der Waals surface area (Å²) < 4.78 is 5.09. The SMILES string of the molecule is C[C@H](OC(=O)CCC(=O)c1cccs1)C(=O)NC1CCCC1. The molecule has 0 bridgehead atoms. The van der Waals surface area contributed by atoms with Crippen LogP contribution in [0.1, 0.15) is 55.1 Å². The van der Waals surface area contributed by atoms with Gasteiger partial charge in [0.25, 0.3) is 5.91 Å². The lowest BCUT2D eigenvalue weighted by atomic mass is 10.2. The first-order valence-electron chi connectivity index (χ1n) is 7.63. The molecule has 1 saturated carbocycles. The van der Waals surface area contributed by atoms with Gasteiger partial charge >= 0.3 is 5.97 Å². The number of esters is 1. The number of Topliss-reactive ketones (excluding diaryl/α,β-unsaturated/α-hetero) is 1. The zero-order chi connectivity index (χ0) is 15.9. The van der Waals surface area contributed by atoms with Crippen LogP contribution in [0, 0.1) is 0 Å². The van der Waals surface area contributed by atoms with E-state index >= 15 is 0 Å². The zero-order valence-corrected chi connectivity index (χ0v) is 13.5. The lowest BCUT2D eigenvalue weighted by molar-refractivity contribution is -0.155. The summed E-state index contributed by atoms with van der Waals surface area (Å²) in [5, 5.41) is 4.71. The van der Waals surface area contributed by atoms with Crippen LogP contribution in [0.5, 0.6) is 0 Å². The number of amides is 1. The third-order valence-corrected chi connectivity index (χ3v) is 4.64. The van der Waals surface area contributed by atoms with E-state index in [1.807, 2.05) is 5.38 Å². The van der Waals surface area contributed by atoms with Crippen LogP contribution in [-0.2, 0) is 14.3 Å². The molecule has 5 nitrogen and oxygen atoms in total. The van der Waals surface area contributed by atoms with Crippen molar-refractivity contribution in [3.8, 4) is 0 Å². The van der Waals surface area contributed by atoms with Crippen LogP contribution >= 0.6 is 11.3 Å². The van der Waals surface area contributed by atoms with Crippen LogP contribution in [0.4, 0.5) is 0 Å². The third-order valence-electron chi connectivity index (χ3n) is 3.73. The molecule has 1 heterocycles. The van der Waals surface area contributed by atoms with Crippen molar-refractivity contribution >= 4 is 29.0 Å². The number of hydrogen-bond donors (Lipinski definition) is 1. The smallest absolute Gasteiger partial charge is 0.307 e. The summed E-state index contributed by atoms with van der Waals surface area (Å²) in [5.41, 5.74) is 0. The molecule has 1 aliphatic rings. The van der Waals surface area contributed by atoms with Crippen molar-refractivity contribution in [2.24, 2.45) is 0 Å². The van der Waals surface area contributed by atoms with Gasteiger partial charge in [0.05, 0.1) is 11.3 Å². The number of ether oxygens (including phenoxy) is 1. The number of thiophene rings is 1. The van der Waals surface area contributed by atoms with Gasteiger partial charge < -0.3 is 10.1 Å². The number of carbonyl (C=O) groups is 3. The Hall–Kier alpha value is -1.69. The van der Waals surface area contributed by atoms with E-state index < -0.39 is 12.1 Å². The van der Waals surface area contributed by atoms with Crippen LogP contribution in [0.2, 0.25) is 0 Å². The van der Waals surface area contributed by atoms with E-state index in [4.69, 9.17) is 4.74 Å². The van der Waals surface area contributed by atoms with Gasteiger partial charge in [0.1, 0.15) is 0 Å². The molecule has 0 aromatic carbocycles. The van der Waals surface area contributed by atoms with Crippen molar-refractivity contribution in [1.29, 1.82) is 0 Å². The number of ketones is 1. The second-order valence-electron chi connectivity index (χ2n) is 5.52. The van der Waals surface area contributed by atoms with Crippen LogP contribution in [0.3, 0.4) is 0 Å². The van der Waals surface area contributed by atoms with Gasteiger partial charge in [-0.15, -0.1) is 11.3 Å². The maximum absolute atomic E-state index is 11.9. The van der Waals surface area contributed by atoms with Gasteiger partial charge in [0.15, 0.2) is 11.9 Å². The van der Waals surface area contributed by atoms with E-state index in [9.17, 15) is 14.4 Å². The molecule has 0 unspecified atom stereocenters. The van der Waals surface area contributed by atoms with Gasteiger partial charge in [-0.2, -0.15) is 0 Å². The summed E-state index contributed by atoms with van der Waals surface area (Å²) in [4.78, 5) is 36.0. The van der Waals surface area contributed by atoms with Crippen molar-refractivity contribution < 1.29 is 19.1 Å². The standard InChI is InChI=1S/C16H21NO4S/c1-11(16(20)17-12-5-2-3-6-12)21-15(19)9-8-13(18)14-7-4-10-22-14/h4,7,10-12H,2-3,5-6,8-9H2,1H3,(H,17,20)/t11-/m0/s1. The van der Waals surface area contributed by atoms with Crippen molar-refractivity contribution in [2.45, 2.75) is 57.6 Å². The van der Waals surface area contributed by atoms with E-state index in [0.717, 1.165) is 25.7 Å². The normalized spacial score (nSPS) is 16.2. The fourth-order valence-electron chi connectivity index (χ4n) is 2.47. The Morgan fingerprint density at radius 1 is 1.32 bits per heavy atom. The van der Waals surface area contributed by atoms with E-state index in [2.05, 4.69) is 5.32 Å². The van der Waals surface area contributed by atoms with Gasteiger partial charge in [-0.05, 0) is 31.2 Å². The molecule has 1 amide bonds. The molecule has 0 saturated heterocycles. The summed E-state index contributed by atoms with van der Waals surface area (Å²) in [7, 11) is 0. The molecule has 1 N–H and O–H groups in total. The first-order chi connectivity index (χ1) is 10.6. The number of nitrogens with one attached hydrogen (secondary N) is 1. The average molecular weight is 323 g/mol. The Labute approximate surface area is 134 Å². The Morgan fingerprint density at radius 2 is 2.05 bits per heavy atom. The monoisotopic (exact) mass is 323 g/mol. The Kier molecular flexibility index (Phi) is 6.12. The average Bonchev–Trinajstić information content (AvgIpc) is 3.17. The predicted molar refractivity (Wildman–Crippen MR) is 83.8 cm³/mol. The van der Waals surface area contributed by atoms with Crippen molar-refractivity contribution in [3.05, 3.63) is 22.4 Å². The molecular weight excluding hydrogens is 302 g/mol. The molecule has 2 rings (SSSR count). The molecule has 1 atom stereocenters. The van der Waals surface area contributed by atoms with Gasteiger partial charge in [-0.25, -0.2) is 0 Å². The fourth-order valence-corrected chi connectivity index (χ4v) is 3.17. The van der Waals surface area contributed by atoms with Gasteiger partial charge in [-0.3, -0.25) is 14.4 Å².